The number of rotatable bonds is 7. The standard InChI is InChI=1S/C18H22N2O2.C2H2O4/c1-20(14-15-6-4-3-5-7-15)13-12-18(21)19-16-8-10-17(22-2)11-9-16;3-1(4)2(5)6/h3-11H,12-14H2,1-2H3,(H,19,21);(H,3,4)(H,5,6). The summed E-state index contributed by atoms with van der Waals surface area (Å²) < 4.78 is 5.09. The van der Waals surface area contributed by atoms with Gasteiger partial charge in [-0.1, -0.05) is 30.3 Å². The molecule has 0 saturated heterocycles. The van der Waals surface area contributed by atoms with Crippen LogP contribution in [0.2, 0.25) is 0 Å². The van der Waals surface area contributed by atoms with Gasteiger partial charge in [0.1, 0.15) is 5.75 Å². The predicted molar refractivity (Wildman–Crippen MR) is 104 cm³/mol. The maximum atomic E-state index is 12.0. The van der Waals surface area contributed by atoms with Crippen molar-refractivity contribution in [2.24, 2.45) is 0 Å². The quantitative estimate of drug-likeness (QED) is 0.623. The van der Waals surface area contributed by atoms with Crippen LogP contribution < -0.4 is 10.1 Å². The number of carboxylic acids is 2. The van der Waals surface area contributed by atoms with Crippen molar-refractivity contribution in [2.75, 3.05) is 26.0 Å². The summed E-state index contributed by atoms with van der Waals surface area (Å²) >= 11 is 0. The molecule has 1 amide bonds. The van der Waals surface area contributed by atoms with E-state index in [0.29, 0.717) is 6.42 Å². The van der Waals surface area contributed by atoms with Crippen molar-refractivity contribution in [3.8, 4) is 5.75 Å². The molecule has 0 unspecified atom stereocenters. The Bertz CT molecular complexity index is 750. The van der Waals surface area contributed by atoms with E-state index in [1.807, 2.05) is 49.5 Å². The topological polar surface area (TPSA) is 116 Å². The largest absolute Gasteiger partial charge is 0.497 e. The Kier molecular flexibility index (Phi) is 9.77. The van der Waals surface area contributed by atoms with Crippen LogP contribution in [-0.2, 0) is 20.9 Å². The molecule has 2 aromatic carbocycles. The molecule has 8 nitrogen and oxygen atoms in total. The molecule has 0 aliphatic heterocycles. The van der Waals surface area contributed by atoms with Gasteiger partial charge in [0, 0.05) is 25.2 Å². The molecule has 8 heteroatoms. The highest BCUT2D eigenvalue weighted by atomic mass is 16.5. The number of methoxy groups -OCH3 is 1. The number of carbonyl (C=O) groups excluding carboxylic acids is 1. The van der Waals surface area contributed by atoms with Gasteiger partial charge in [0.2, 0.25) is 5.91 Å². The van der Waals surface area contributed by atoms with Gasteiger partial charge in [-0.15, -0.1) is 0 Å². The molecule has 2 aromatic rings. The van der Waals surface area contributed by atoms with Gasteiger partial charge in [-0.3, -0.25) is 4.79 Å². The normalized spacial score (nSPS) is 9.82. The van der Waals surface area contributed by atoms with Gasteiger partial charge in [0.15, 0.2) is 0 Å². The molecule has 0 spiro atoms. The number of hydrogen-bond donors (Lipinski definition) is 3. The van der Waals surface area contributed by atoms with Gasteiger partial charge in [0.05, 0.1) is 7.11 Å². The zero-order valence-electron chi connectivity index (χ0n) is 15.8. The molecule has 3 N–H and O–H groups in total. The summed E-state index contributed by atoms with van der Waals surface area (Å²) in [6.07, 6.45) is 0.468. The van der Waals surface area contributed by atoms with Gasteiger partial charge < -0.3 is 25.2 Å². The average molecular weight is 388 g/mol. The zero-order valence-corrected chi connectivity index (χ0v) is 15.8. The average Bonchev–Trinajstić information content (AvgIpc) is 2.68. The monoisotopic (exact) mass is 388 g/mol. The van der Waals surface area contributed by atoms with E-state index in [2.05, 4.69) is 22.3 Å². The molecule has 0 atom stereocenters. The Balaban J connectivity index is 0.000000568. The van der Waals surface area contributed by atoms with Crippen molar-refractivity contribution < 1.29 is 29.3 Å². The number of carboxylic acid groups (broad SMARTS) is 2. The molecular weight excluding hydrogens is 364 g/mol. The Hall–Kier alpha value is -3.39. The van der Waals surface area contributed by atoms with Gasteiger partial charge in [0.25, 0.3) is 0 Å². The molecule has 0 aliphatic rings. The molecule has 28 heavy (non-hydrogen) atoms. The van der Waals surface area contributed by atoms with Gasteiger partial charge in [-0.05, 0) is 36.9 Å². The number of carbonyl (C=O) groups is 3. The van der Waals surface area contributed by atoms with E-state index in [9.17, 15) is 4.79 Å². The van der Waals surface area contributed by atoms with Gasteiger partial charge in [-0.25, -0.2) is 9.59 Å². The summed E-state index contributed by atoms with van der Waals surface area (Å²) in [5.74, 6) is -2.85. The summed E-state index contributed by atoms with van der Waals surface area (Å²) in [6.45, 7) is 1.56. The van der Waals surface area contributed by atoms with Crippen LogP contribution in [-0.4, -0.2) is 53.7 Å². The van der Waals surface area contributed by atoms with Crippen molar-refractivity contribution in [3.63, 3.8) is 0 Å². The smallest absolute Gasteiger partial charge is 0.414 e. The van der Waals surface area contributed by atoms with Crippen LogP contribution in [0.25, 0.3) is 0 Å². The molecule has 0 saturated carbocycles. The highest BCUT2D eigenvalue weighted by molar-refractivity contribution is 6.27. The van der Waals surface area contributed by atoms with Crippen molar-refractivity contribution >= 4 is 23.5 Å². The second-order valence-electron chi connectivity index (χ2n) is 5.86. The van der Waals surface area contributed by atoms with Crippen LogP contribution in [0.15, 0.2) is 54.6 Å². The fourth-order valence-electron chi connectivity index (χ4n) is 2.16. The van der Waals surface area contributed by atoms with Crippen LogP contribution in [0.1, 0.15) is 12.0 Å². The van der Waals surface area contributed by atoms with Crippen molar-refractivity contribution in [3.05, 3.63) is 60.2 Å². The third-order valence-corrected chi connectivity index (χ3v) is 3.57. The number of amides is 1. The van der Waals surface area contributed by atoms with Crippen LogP contribution in [0.4, 0.5) is 5.69 Å². The van der Waals surface area contributed by atoms with Crippen LogP contribution >= 0.6 is 0 Å². The zero-order chi connectivity index (χ0) is 20.9. The van der Waals surface area contributed by atoms with Gasteiger partial charge >= 0.3 is 11.9 Å². The van der Waals surface area contributed by atoms with E-state index in [-0.39, 0.29) is 5.91 Å². The summed E-state index contributed by atoms with van der Waals surface area (Å²) in [5, 5.41) is 17.7. The maximum Gasteiger partial charge on any atom is 0.414 e. The van der Waals surface area contributed by atoms with Crippen molar-refractivity contribution in [2.45, 2.75) is 13.0 Å². The molecular formula is C20H24N2O6. The summed E-state index contributed by atoms with van der Waals surface area (Å²) in [7, 11) is 3.64. The van der Waals surface area contributed by atoms with E-state index in [4.69, 9.17) is 24.5 Å². The Morgan fingerprint density at radius 3 is 2.04 bits per heavy atom. The molecule has 0 aromatic heterocycles. The summed E-state index contributed by atoms with van der Waals surface area (Å²) in [4.78, 5) is 32.3. The lowest BCUT2D eigenvalue weighted by molar-refractivity contribution is -0.159. The minimum absolute atomic E-state index is 0.0186. The minimum Gasteiger partial charge on any atom is -0.497 e. The lowest BCUT2D eigenvalue weighted by Gasteiger charge is -2.16. The van der Waals surface area contributed by atoms with Crippen LogP contribution in [0, 0.1) is 0 Å². The van der Waals surface area contributed by atoms with Gasteiger partial charge in [-0.2, -0.15) is 0 Å². The van der Waals surface area contributed by atoms with E-state index >= 15 is 0 Å². The predicted octanol–water partition coefficient (Wildman–Crippen LogP) is 2.31. The number of ether oxygens (including phenoxy) is 1. The summed E-state index contributed by atoms with van der Waals surface area (Å²) in [6, 6.07) is 17.6. The number of aliphatic carboxylic acids is 2. The van der Waals surface area contributed by atoms with E-state index < -0.39 is 11.9 Å². The van der Waals surface area contributed by atoms with Crippen LogP contribution in [0.3, 0.4) is 0 Å². The van der Waals surface area contributed by atoms with Crippen molar-refractivity contribution in [1.82, 2.24) is 4.90 Å². The first-order chi connectivity index (χ1) is 13.3. The van der Waals surface area contributed by atoms with E-state index in [0.717, 1.165) is 24.5 Å². The highest BCUT2D eigenvalue weighted by Crippen LogP contribution is 2.15. The minimum atomic E-state index is -1.82. The lowest BCUT2D eigenvalue weighted by atomic mass is 10.2. The lowest BCUT2D eigenvalue weighted by Crippen LogP contribution is -2.24. The molecule has 0 bridgehead atoms. The fraction of sp³-hybridized carbons (Fsp3) is 0.250. The molecule has 0 aliphatic carbocycles. The van der Waals surface area contributed by atoms with Crippen LogP contribution in [0.5, 0.6) is 5.75 Å². The first-order valence-corrected chi connectivity index (χ1v) is 8.44. The number of benzene rings is 2. The first kappa shape index (κ1) is 22.7. The maximum absolute atomic E-state index is 12.0. The molecule has 0 heterocycles. The molecule has 150 valence electrons. The molecule has 2 rings (SSSR count). The summed E-state index contributed by atoms with van der Waals surface area (Å²) in [5.41, 5.74) is 2.04. The first-order valence-electron chi connectivity index (χ1n) is 8.44. The third-order valence-electron chi connectivity index (χ3n) is 3.57. The highest BCUT2D eigenvalue weighted by Gasteiger charge is 2.06. The Morgan fingerprint density at radius 1 is 0.964 bits per heavy atom. The number of nitrogens with zero attached hydrogens (tertiary/aromatic N) is 1. The van der Waals surface area contributed by atoms with E-state index in [1.54, 1.807) is 7.11 Å². The SMILES string of the molecule is COc1ccc(NC(=O)CCN(C)Cc2ccccc2)cc1.O=C(O)C(=O)O. The second-order valence-corrected chi connectivity index (χ2v) is 5.86. The Morgan fingerprint density at radius 2 is 1.54 bits per heavy atom. The number of nitrogens with one attached hydrogen (secondary N) is 1. The Labute approximate surface area is 163 Å². The fourth-order valence-corrected chi connectivity index (χ4v) is 2.16. The number of hydrogen-bond acceptors (Lipinski definition) is 5. The van der Waals surface area contributed by atoms with Crippen molar-refractivity contribution in [1.29, 1.82) is 0 Å². The molecule has 0 fully saturated rings. The van der Waals surface area contributed by atoms with E-state index in [1.165, 1.54) is 5.56 Å². The molecule has 0 radical (unpaired) electrons. The second kappa shape index (κ2) is 12.1. The third kappa shape index (κ3) is 9.35. The number of anilines is 1.